The van der Waals surface area contributed by atoms with Crippen molar-refractivity contribution < 1.29 is 24.3 Å². The summed E-state index contributed by atoms with van der Waals surface area (Å²) in [6, 6.07) is 10.2. The first kappa shape index (κ1) is 17.0. The van der Waals surface area contributed by atoms with Crippen LogP contribution in [0.5, 0.6) is 17.2 Å². The Labute approximate surface area is 137 Å². The van der Waals surface area contributed by atoms with Gasteiger partial charge in [-0.25, -0.2) is 0 Å². The molecule has 124 valence electrons. The molecule has 0 heterocycles. The normalized spacial score (nSPS) is 10.6. The SMILES string of the molecule is COc1cc(OC)c([N+](=O)[O-])c(O)c1C(=O)/C=C/c1ccccc1. The number of allylic oxidation sites excluding steroid dienone is 1. The van der Waals surface area contributed by atoms with Crippen LogP contribution < -0.4 is 9.47 Å². The summed E-state index contributed by atoms with van der Waals surface area (Å²) in [5, 5.41) is 21.3. The molecular weight excluding hydrogens is 314 g/mol. The maximum absolute atomic E-state index is 12.4. The van der Waals surface area contributed by atoms with E-state index in [9.17, 15) is 20.0 Å². The van der Waals surface area contributed by atoms with Gasteiger partial charge in [-0.15, -0.1) is 0 Å². The van der Waals surface area contributed by atoms with E-state index in [1.165, 1.54) is 32.4 Å². The zero-order valence-corrected chi connectivity index (χ0v) is 13.1. The molecule has 2 aromatic rings. The fourth-order valence-electron chi connectivity index (χ4n) is 2.16. The average Bonchev–Trinajstić information content (AvgIpc) is 2.59. The summed E-state index contributed by atoms with van der Waals surface area (Å²) in [7, 11) is 2.51. The molecule has 7 heteroatoms. The smallest absolute Gasteiger partial charge is 0.353 e. The van der Waals surface area contributed by atoms with Crippen LogP contribution in [0.3, 0.4) is 0 Å². The highest BCUT2D eigenvalue weighted by Gasteiger charge is 2.30. The van der Waals surface area contributed by atoms with E-state index < -0.39 is 22.1 Å². The van der Waals surface area contributed by atoms with E-state index in [0.717, 1.165) is 5.56 Å². The topological polar surface area (TPSA) is 98.9 Å². The minimum atomic E-state index is -0.814. The minimum absolute atomic E-state index is 0.0161. The first-order valence-electron chi connectivity index (χ1n) is 6.89. The highest BCUT2D eigenvalue weighted by atomic mass is 16.6. The lowest BCUT2D eigenvalue weighted by Gasteiger charge is -2.11. The predicted octanol–water partition coefficient (Wildman–Crippen LogP) is 3.21. The molecule has 0 bridgehead atoms. The number of methoxy groups -OCH3 is 2. The van der Waals surface area contributed by atoms with Crippen molar-refractivity contribution in [3.05, 3.63) is 63.7 Å². The summed E-state index contributed by atoms with van der Waals surface area (Å²) in [4.78, 5) is 22.7. The van der Waals surface area contributed by atoms with Gasteiger partial charge >= 0.3 is 5.69 Å². The third kappa shape index (κ3) is 3.35. The standard InChI is InChI=1S/C17H15NO6/c1-23-13-10-14(24-2)16(18(21)22)17(20)15(13)12(19)9-8-11-6-4-3-5-7-11/h3-10,20H,1-2H3/b9-8+. The fourth-order valence-corrected chi connectivity index (χ4v) is 2.16. The van der Waals surface area contributed by atoms with Gasteiger partial charge in [0.2, 0.25) is 11.5 Å². The Bertz CT molecular complexity index is 798. The van der Waals surface area contributed by atoms with Crippen LogP contribution >= 0.6 is 0 Å². The van der Waals surface area contributed by atoms with E-state index in [0.29, 0.717) is 0 Å². The van der Waals surface area contributed by atoms with Crippen LogP contribution in [0.25, 0.3) is 6.08 Å². The van der Waals surface area contributed by atoms with Crippen LogP contribution in [-0.2, 0) is 0 Å². The number of benzene rings is 2. The monoisotopic (exact) mass is 329 g/mol. The Kier molecular flexibility index (Phi) is 5.16. The maximum Gasteiger partial charge on any atom is 0.353 e. The summed E-state index contributed by atoms with van der Waals surface area (Å²) in [5.74, 6) is -1.63. The molecule has 0 atom stereocenters. The average molecular weight is 329 g/mol. The number of nitrogens with zero attached hydrogens (tertiary/aromatic N) is 1. The molecule has 0 aliphatic heterocycles. The van der Waals surface area contributed by atoms with Crippen LogP contribution in [0.2, 0.25) is 0 Å². The van der Waals surface area contributed by atoms with Crippen LogP contribution in [0.4, 0.5) is 5.69 Å². The highest BCUT2D eigenvalue weighted by Crippen LogP contribution is 2.44. The number of ketones is 1. The second-order valence-electron chi connectivity index (χ2n) is 4.72. The van der Waals surface area contributed by atoms with Gasteiger partial charge in [0, 0.05) is 6.07 Å². The van der Waals surface area contributed by atoms with E-state index in [1.54, 1.807) is 24.3 Å². The van der Waals surface area contributed by atoms with Crippen molar-refractivity contribution in [3.63, 3.8) is 0 Å². The number of carbonyl (C=O) groups is 1. The lowest BCUT2D eigenvalue weighted by molar-refractivity contribution is -0.386. The third-order valence-electron chi connectivity index (χ3n) is 3.30. The molecule has 24 heavy (non-hydrogen) atoms. The molecule has 2 aromatic carbocycles. The summed E-state index contributed by atoms with van der Waals surface area (Å²) < 4.78 is 9.94. The van der Waals surface area contributed by atoms with Gasteiger partial charge in [-0.3, -0.25) is 14.9 Å². The lowest BCUT2D eigenvalue weighted by Crippen LogP contribution is -2.04. The summed E-state index contributed by atoms with van der Waals surface area (Å²) in [6.45, 7) is 0. The van der Waals surface area contributed by atoms with Gasteiger partial charge in [-0.1, -0.05) is 36.4 Å². The molecule has 2 rings (SSSR count). The Balaban J connectivity index is 2.52. The number of hydrogen-bond donors (Lipinski definition) is 1. The number of carbonyl (C=O) groups excluding carboxylic acids is 1. The lowest BCUT2D eigenvalue weighted by atomic mass is 10.0. The number of phenols is 1. The van der Waals surface area contributed by atoms with Gasteiger partial charge < -0.3 is 14.6 Å². The van der Waals surface area contributed by atoms with Gasteiger partial charge in [0.05, 0.1) is 19.1 Å². The molecule has 0 aromatic heterocycles. The zero-order valence-electron chi connectivity index (χ0n) is 13.1. The largest absolute Gasteiger partial charge is 0.501 e. The quantitative estimate of drug-likeness (QED) is 0.378. The maximum atomic E-state index is 12.4. The third-order valence-corrected chi connectivity index (χ3v) is 3.30. The van der Waals surface area contributed by atoms with Crippen molar-refractivity contribution in [2.24, 2.45) is 0 Å². The summed E-state index contributed by atoms with van der Waals surface area (Å²) >= 11 is 0. The van der Waals surface area contributed by atoms with Crippen molar-refractivity contribution in [1.82, 2.24) is 0 Å². The number of phenolic OH excluding ortho intramolecular Hbond substituents is 1. The Morgan fingerprint density at radius 1 is 1.17 bits per heavy atom. The molecule has 0 saturated heterocycles. The van der Waals surface area contributed by atoms with Crippen LogP contribution in [0.1, 0.15) is 15.9 Å². The second-order valence-corrected chi connectivity index (χ2v) is 4.72. The first-order chi connectivity index (χ1) is 11.5. The Hall–Kier alpha value is -3.35. The molecule has 7 nitrogen and oxygen atoms in total. The van der Waals surface area contributed by atoms with Crippen LogP contribution in [-0.4, -0.2) is 30.0 Å². The first-order valence-corrected chi connectivity index (χ1v) is 6.89. The molecular formula is C17H15NO6. The predicted molar refractivity (Wildman–Crippen MR) is 87.7 cm³/mol. The second kappa shape index (κ2) is 7.28. The number of nitro benzene ring substituents is 1. The van der Waals surface area contributed by atoms with Crippen molar-refractivity contribution in [2.45, 2.75) is 0 Å². The number of hydrogen-bond acceptors (Lipinski definition) is 6. The molecule has 0 aliphatic carbocycles. The van der Waals surface area contributed by atoms with Crippen molar-refractivity contribution >= 4 is 17.5 Å². The van der Waals surface area contributed by atoms with Gasteiger partial charge in [-0.2, -0.15) is 0 Å². The summed E-state index contributed by atoms with van der Waals surface area (Å²) in [6.07, 6.45) is 2.75. The number of rotatable bonds is 6. The van der Waals surface area contributed by atoms with E-state index in [2.05, 4.69) is 0 Å². The molecule has 0 radical (unpaired) electrons. The van der Waals surface area contributed by atoms with Gasteiger partial charge in [0.1, 0.15) is 11.3 Å². The molecule has 0 fully saturated rings. The van der Waals surface area contributed by atoms with E-state index in [1.807, 2.05) is 6.07 Å². The molecule has 0 spiro atoms. The van der Waals surface area contributed by atoms with Crippen molar-refractivity contribution in [3.8, 4) is 17.2 Å². The number of aromatic hydroxyl groups is 1. The van der Waals surface area contributed by atoms with Crippen LogP contribution in [0.15, 0.2) is 42.5 Å². The molecule has 0 amide bonds. The van der Waals surface area contributed by atoms with Gasteiger partial charge in [0.15, 0.2) is 5.78 Å². The number of nitro groups is 1. The Morgan fingerprint density at radius 2 is 1.79 bits per heavy atom. The van der Waals surface area contributed by atoms with E-state index in [4.69, 9.17) is 9.47 Å². The Morgan fingerprint density at radius 3 is 2.33 bits per heavy atom. The van der Waals surface area contributed by atoms with Crippen molar-refractivity contribution in [2.75, 3.05) is 14.2 Å². The van der Waals surface area contributed by atoms with E-state index >= 15 is 0 Å². The van der Waals surface area contributed by atoms with Crippen LogP contribution in [0, 0.1) is 10.1 Å². The highest BCUT2D eigenvalue weighted by molar-refractivity contribution is 6.11. The van der Waals surface area contributed by atoms with Gasteiger partial charge in [-0.05, 0) is 11.6 Å². The van der Waals surface area contributed by atoms with Gasteiger partial charge in [0.25, 0.3) is 0 Å². The molecule has 0 aliphatic rings. The molecule has 1 N–H and O–H groups in total. The zero-order chi connectivity index (χ0) is 17.7. The molecule has 0 unspecified atom stereocenters. The minimum Gasteiger partial charge on any atom is -0.501 e. The van der Waals surface area contributed by atoms with Crippen molar-refractivity contribution in [1.29, 1.82) is 0 Å². The number of ether oxygens (including phenoxy) is 2. The molecule has 0 saturated carbocycles. The van der Waals surface area contributed by atoms with E-state index in [-0.39, 0.29) is 17.1 Å². The fraction of sp³-hybridized carbons (Fsp3) is 0.118. The summed E-state index contributed by atoms with van der Waals surface area (Å²) in [5.41, 5.74) is -0.209.